The highest BCUT2D eigenvalue weighted by atomic mass is 35.5. The van der Waals surface area contributed by atoms with Crippen molar-refractivity contribution in [1.29, 1.82) is 0 Å². The fraction of sp³-hybridized carbons (Fsp3) is 0.364. The molecular weight excluding hydrogens is 430 g/mol. The summed E-state index contributed by atoms with van der Waals surface area (Å²) in [6.07, 6.45) is 4.44. The maximum absolute atomic E-state index is 6.31. The molecule has 0 aliphatic heterocycles. The number of halogens is 1. The number of rotatable bonds is 6. The number of H-pyrrole nitrogens is 1. The molecule has 4 aromatic rings. The molecule has 0 spiro atoms. The first-order chi connectivity index (χ1) is 15.5. The molecule has 0 amide bonds. The van der Waals surface area contributed by atoms with Gasteiger partial charge in [0, 0.05) is 18.2 Å². The number of benzene rings is 1. The number of fused-ring (bicyclic) bond motifs is 1. The standard InChI is InChI=1S/C22H22ClN7O2/c1-11(2)31-22-18(23)8-14(10-24-22)21-25-20(28-32-21)16-6-7-17-13(4-5-15(17)12(16)3)9-19-26-29-30-27-19/h6-8,10-11,13H,4-5,9H2,1-3H3,(H,26,27,29,30). The van der Waals surface area contributed by atoms with Gasteiger partial charge in [-0.1, -0.05) is 34.1 Å². The summed E-state index contributed by atoms with van der Waals surface area (Å²) >= 11 is 6.31. The van der Waals surface area contributed by atoms with E-state index in [2.05, 4.69) is 54.8 Å². The number of aromatic nitrogens is 7. The molecule has 0 saturated carbocycles. The summed E-state index contributed by atoms with van der Waals surface area (Å²) in [6, 6.07) is 5.94. The Bertz CT molecular complexity index is 1250. The molecule has 3 aromatic heterocycles. The maximum Gasteiger partial charge on any atom is 0.259 e. The van der Waals surface area contributed by atoms with E-state index in [9.17, 15) is 0 Å². The van der Waals surface area contributed by atoms with Crippen LogP contribution < -0.4 is 4.74 Å². The van der Waals surface area contributed by atoms with Crippen molar-refractivity contribution in [3.05, 3.63) is 51.9 Å². The molecule has 3 heterocycles. The van der Waals surface area contributed by atoms with Crippen molar-refractivity contribution in [2.45, 2.75) is 52.1 Å². The third-order valence-corrected chi connectivity index (χ3v) is 5.97. The quantitative estimate of drug-likeness (QED) is 0.460. The van der Waals surface area contributed by atoms with Crippen LogP contribution in [0.1, 0.15) is 48.7 Å². The molecule has 1 aromatic carbocycles. The van der Waals surface area contributed by atoms with Crippen molar-refractivity contribution in [3.8, 4) is 28.7 Å². The van der Waals surface area contributed by atoms with Crippen LogP contribution in [0.25, 0.3) is 22.8 Å². The van der Waals surface area contributed by atoms with Gasteiger partial charge in [0.15, 0.2) is 5.82 Å². The molecule has 1 N–H and O–H groups in total. The molecule has 10 heteroatoms. The zero-order valence-corrected chi connectivity index (χ0v) is 18.7. The van der Waals surface area contributed by atoms with Crippen molar-refractivity contribution in [1.82, 2.24) is 35.7 Å². The first-order valence-corrected chi connectivity index (χ1v) is 10.9. The van der Waals surface area contributed by atoms with Gasteiger partial charge >= 0.3 is 0 Å². The highest BCUT2D eigenvalue weighted by molar-refractivity contribution is 6.32. The lowest BCUT2D eigenvalue weighted by Gasteiger charge is -2.12. The van der Waals surface area contributed by atoms with Crippen LogP contribution in [0, 0.1) is 6.92 Å². The van der Waals surface area contributed by atoms with Gasteiger partial charge in [-0.2, -0.15) is 10.2 Å². The summed E-state index contributed by atoms with van der Waals surface area (Å²) < 4.78 is 11.1. The summed E-state index contributed by atoms with van der Waals surface area (Å²) in [5.41, 5.74) is 5.43. The average Bonchev–Trinajstić information content (AvgIpc) is 3.52. The Hall–Kier alpha value is -3.33. The second-order valence-corrected chi connectivity index (χ2v) is 8.58. The molecule has 0 fully saturated rings. The van der Waals surface area contributed by atoms with E-state index in [1.807, 2.05) is 13.8 Å². The third kappa shape index (κ3) is 3.84. The predicted molar refractivity (Wildman–Crippen MR) is 117 cm³/mol. The molecule has 0 saturated heterocycles. The topological polar surface area (TPSA) is 116 Å². The summed E-state index contributed by atoms with van der Waals surface area (Å²) in [5, 5.41) is 19.0. The number of tetrazole rings is 1. The van der Waals surface area contributed by atoms with E-state index in [0.29, 0.717) is 34.1 Å². The molecule has 1 aliphatic rings. The molecule has 1 aliphatic carbocycles. The Morgan fingerprint density at radius 2 is 2.19 bits per heavy atom. The smallest absolute Gasteiger partial charge is 0.259 e. The first-order valence-electron chi connectivity index (χ1n) is 10.5. The highest BCUT2D eigenvalue weighted by Crippen LogP contribution is 2.40. The summed E-state index contributed by atoms with van der Waals surface area (Å²) in [5.74, 6) is 2.41. The monoisotopic (exact) mass is 451 g/mol. The second-order valence-electron chi connectivity index (χ2n) is 8.17. The lowest BCUT2D eigenvalue weighted by atomic mass is 9.93. The van der Waals surface area contributed by atoms with Crippen molar-refractivity contribution in [2.24, 2.45) is 0 Å². The molecule has 32 heavy (non-hydrogen) atoms. The second kappa shape index (κ2) is 8.31. The number of ether oxygens (including phenoxy) is 1. The van der Waals surface area contributed by atoms with E-state index < -0.39 is 0 Å². The first kappa shape index (κ1) is 20.6. The summed E-state index contributed by atoms with van der Waals surface area (Å²) in [7, 11) is 0. The van der Waals surface area contributed by atoms with E-state index >= 15 is 0 Å². The lowest BCUT2D eigenvalue weighted by Crippen LogP contribution is -2.07. The van der Waals surface area contributed by atoms with E-state index in [4.69, 9.17) is 20.9 Å². The normalized spacial score (nSPS) is 15.3. The Labute approximate surface area is 189 Å². The van der Waals surface area contributed by atoms with Crippen molar-refractivity contribution < 1.29 is 9.26 Å². The fourth-order valence-corrected chi connectivity index (χ4v) is 4.42. The van der Waals surface area contributed by atoms with Crippen LogP contribution in [-0.2, 0) is 12.8 Å². The molecule has 9 nitrogen and oxygen atoms in total. The van der Waals surface area contributed by atoms with Crippen molar-refractivity contribution >= 4 is 11.6 Å². The number of nitrogens with zero attached hydrogens (tertiary/aromatic N) is 6. The Kier molecular flexibility index (Phi) is 5.34. The van der Waals surface area contributed by atoms with Crippen LogP contribution in [0.5, 0.6) is 5.88 Å². The van der Waals surface area contributed by atoms with Crippen molar-refractivity contribution in [2.75, 3.05) is 0 Å². The predicted octanol–water partition coefficient (Wildman–Crippen LogP) is 4.33. The summed E-state index contributed by atoms with van der Waals surface area (Å²) in [6.45, 7) is 5.95. The molecular formula is C22H22ClN7O2. The molecule has 5 rings (SSSR count). The van der Waals surface area contributed by atoms with Gasteiger partial charge in [0.25, 0.3) is 5.89 Å². The fourth-order valence-electron chi connectivity index (χ4n) is 4.21. The minimum Gasteiger partial charge on any atom is -0.474 e. The number of hydrogen-bond acceptors (Lipinski definition) is 8. The molecule has 0 bridgehead atoms. The number of hydrogen-bond donors (Lipinski definition) is 1. The van der Waals surface area contributed by atoms with Crippen LogP contribution in [-0.4, -0.2) is 41.9 Å². The van der Waals surface area contributed by atoms with E-state index in [1.165, 1.54) is 16.7 Å². The Morgan fingerprint density at radius 3 is 2.94 bits per heavy atom. The molecule has 1 atom stereocenters. The average molecular weight is 452 g/mol. The van der Waals surface area contributed by atoms with Gasteiger partial charge in [-0.25, -0.2) is 4.98 Å². The van der Waals surface area contributed by atoms with E-state index in [0.717, 1.165) is 30.7 Å². The Balaban J connectivity index is 1.41. The van der Waals surface area contributed by atoms with Gasteiger partial charge in [0.05, 0.1) is 11.7 Å². The van der Waals surface area contributed by atoms with Gasteiger partial charge in [-0.05, 0) is 62.3 Å². The van der Waals surface area contributed by atoms with Crippen LogP contribution >= 0.6 is 11.6 Å². The minimum atomic E-state index is -0.0181. The molecule has 164 valence electrons. The number of pyridine rings is 1. The van der Waals surface area contributed by atoms with Gasteiger partial charge in [-0.3, -0.25) is 0 Å². The maximum atomic E-state index is 6.31. The van der Waals surface area contributed by atoms with E-state index in [1.54, 1.807) is 12.3 Å². The van der Waals surface area contributed by atoms with Gasteiger partial charge in [0.2, 0.25) is 11.7 Å². The van der Waals surface area contributed by atoms with Crippen LogP contribution in [0.3, 0.4) is 0 Å². The molecule has 0 radical (unpaired) electrons. The van der Waals surface area contributed by atoms with Crippen molar-refractivity contribution in [3.63, 3.8) is 0 Å². The zero-order chi connectivity index (χ0) is 22.2. The minimum absolute atomic E-state index is 0.0181. The Morgan fingerprint density at radius 1 is 1.31 bits per heavy atom. The van der Waals surface area contributed by atoms with Crippen LogP contribution in [0.4, 0.5) is 0 Å². The zero-order valence-electron chi connectivity index (χ0n) is 18.0. The van der Waals surface area contributed by atoms with Gasteiger partial charge in [-0.15, -0.1) is 10.2 Å². The largest absolute Gasteiger partial charge is 0.474 e. The third-order valence-electron chi connectivity index (χ3n) is 5.70. The summed E-state index contributed by atoms with van der Waals surface area (Å²) in [4.78, 5) is 8.88. The van der Waals surface area contributed by atoms with Crippen LogP contribution in [0.15, 0.2) is 28.9 Å². The number of aromatic amines is 1. The molecule has 1 unspecified atom stereocenters. The SMILES string of the molecule is Cc1c(-c2noc(-c3cnc(OC(C)C)c(Cl)c3)n2)ccc2c1CCC2Cc1nn[nH]n1. The van der Waals surface area contributed by atoms with E-state index in [-0.39, 0.29) is 6.10 Å². The van der Waals surface area contributed by atoms with Gasteiger partial charge in [0.1, 0.15) is 5.02 Å². The van der Waals surface area contributed by atoms with Gasteiger partial charge < -0.3 is 9.26 Å². The number of nitrogens with one attached hydrogen (secondary N) is 1. The van der Waals surface area contributed by atoms with Crippen LogP contribution in [0.2, 0.25) is 5.02 Å². The lowest BCUT2D eigenvalue weighted by molar-refractivity contribution is 0.233. The highest BCUT2D eigenvalue weighted by Gasteiger charge is 2.27.